The van der Waals surface area contributed by atoms with Crippen LogP contribution >= 0.6 is 0 Å². The molecule has 0 aromatic heterocycles. The second kappa shape index (κ2) is 10.8. The van der Waals surface area contributed by atoms with Crippen molar-refractivity contribution in [1.29, 1.82) is 0 Å². The highest BCUT2D eigenvalue weighted by Gasteiger charge is 2.04. The number of carboxylic acid groups (broad SMARTS) is 2. The van der Waals surface area contributed by atoms with Crippen LogP contribution in [0.5, 0.6) is 0 Å². The number of hydrogen-bond donors (Lipinski definition) is 2. The number of Topliss-reactive ketones (excluding diaryl/α,β-unsaturated/α-hetero) is 1. The van der Waals surface area contributed by atoms with E-state index in [9.17, 15) is 14.4 Å². The first-order valence-corrected chi connectivity index (χ1v) is 7.47. The van der Waals surface area contributed by atoms with Crippen molar-refractivity contribution in [2.45, 2.75) is 34.1 Å². The maximum absolute atomic E-state index is 10.7. The molecule has 0 fully saturated rings. The molecule has 0 radical (unpaired) electrons. The summed E-state index contributed by atoms with van der Waals surface area (Å²) in [6.07, 6.45) is 1.24. The van der Waals surface area contributed by atoms with Crippen LogP contribution in [-0.4, -0.2) is 27.9 Å². The number of aromatic carboxylic acids is 2. The maximum atomic E-state index is 10.7. The highest BCUT2D eigenvalue weighted by atomic mass is 16.4. The average Bonchev–Trinajstić information content (AvgIpc) is 2.55. The van der Waals surface area contributed by atoms with Crippen molar-refractivity contribution in [3.05, 3.63) is 70.8 Å². The van der Waals surface area contributed by atoms with Crippen molar-refractivity contribution in [1.82, 2.24) is 0 Å². The minimum atomic E-state index is -0.967. The fourth-order valence-electron chi connectivity index (χ4n) is 1.98. The molecule has 25 heavy (non-hydrogen) atoms. The normalized spacial score (nSPS) is 9.20. The van der Waals surface area contributed by atoms with E-state index in [0.29, 0.717) is 12.0 Å². The van der Waals surface area contributed by atoms with E-state index in [1.807, 2.05) is 19.1 Å². The van der Waals surface area contributed by atoms with E-state index in [-0.39, 0.29) is 18.8 Å². The van der Waals surface area contributed by atoms with Gasteiger partial charge in [0.1, 0.15) is 5.78 Å². The van der Waals surface area contributed by atoms with E-state index in [1.54, 1.807) is 24.3 Å². The SMILES string of the molecule is C.CC(=O)Cc1cccc(C(=O)O)c1.CCc1ccc(C(=O)O)cc1. The molecule has 0 spiro atoms. The van der Waals surface area contributed by atoms with Crippen LogP contribution in [0, 0.1) is 0 Å². The number of carbonyl (C=O) groups is 3. The van der Waals surface area contributed by atoms with Gasteiger partial charge < -0.3 is 10.2 Å². The number of ketones is 1. The van der Waals surface area contributed by atoms with Gasteiger partial charge in [0.2, 0.25) is 0 Å². The molecule has 0 saturated heterocycles. The molecule has 0 unspecified atom stereocenters. The molecule has 0 saturated carbocycles. The van der Waals surface area contributed by atoms with Crippen LogP contribution in [0.15, 0.2) is 48.5 Å². The van der Waals surface area contributed by atoms with Crippen LogP contribution in [0.1, 0.15) is 53.1 Å². The molecule has 0 bridgehead atoms. The molecule has 134 valence electrons. The Balaban J connectivity index is 0.000000449. The molecule has 0 aliphatic carbocycles. The Bertz CT molecular complexity index is 717. The quantitative estimate of drug-likeness (QED) is 0.852. The zero-order chi connectivity index (χ0) is 18.1. The van der Waals surface area contributed by atoms with Crippen molar-refractivity contribution >= 4 is 17.7 Å². The van der Waals surface area contributed by atoms with Crippen LogP contribution in [0.2, 0.25) is 0 Å². The molecule has 2 rings (SSSR count). The number of hydrogen-bond acceptors (Lipinski definition) is 3. The Morgan fingerprint density at radius 3 is 1.84 bits per heavy atom. The van der Waals surface area contributed by atoms with E-state index >= 15 is 0 Å². The molecule has 2 aromatic carbocycles. The van der Waals surface area contributed by atoms with Gasteiger partial charge in [0.05, 0.1) is 11.1 Å². The van der Waals surface area contributed by atoms with Crippen molar-refractivity contribution in [3.63, 3.8) is 0 Å². The Labute approximate surface area is 147 Å². The fourth-order valence-corrected chi connectivity index (χ4v) is 1.98. The molecular weight excluding hydrogens is 320 g/mol. The van der Waals surface area contributed by atoms with Gasteiger partial charge in [-0.3, -0.25) is 4.79 Å². The highest BCUT2D eigenvalue weighted by molar-refractivity contribution is 5.88. The lowest BCUT2D eigenvalue weighted by Crippen LogP contribution is -2.00. The first-order valence-electron chi connectivity index (χ1n) is 7.47. The zero-order valence-corrected chi connectivity index (χ0v) is 13.7. The lowest BCUT2D eigenvalue weighted by molar-refractivity contribution is -0.116. The van der Waals surface area contributed by atoms with Gasteiger partial charge in [0.15, 0.2) is 0 Å². The van der Waals surface area contributed by atoms with Crippen molar-refractivity contribution < 1.29 is 24.6 Å². The first kappa shape index (κ1) is 22.1. The monoisotopic (exact) mass is 344 g/mol. The summed E-state index contributed by atoms with van der Waals surface area (Å²) in [5, 5.41) is 17.2. The largest absolute Gasteiger partial charge is 0.478 e. The summed E-state index contributed by atoms with van der Waals surface area (Å²) < 4.78 is 0. The first-order chi connectivity index (χ1) is 11.3. The van der Waals surface area contributed by atoms with E-state index in [4.69, 9.17) is 10.2 Å². The van der Waals surface area contributed by atoms with Gasteiger partial charge in [-0.1, -0.05) is 38.6 Å². The van der Waals surface area contributed by atoms with Crippen molar-refractivity contribution in [2.75, 3.05) is 0 Å². The van der Waals surface area contributed by atoms with Crippen molar-refractivity contribution in [2.24, 2.45) is 0 Å². The summed E-state index contributed by atoms with van der Waals surface area (Å²) in [5.41, 5.74) is 2.48. The second-order valence-corrected chi connectivity index (χ2v) is 5.24. The number of carbonyl (C=O) groups excluding carboxylic acids is 1. The lowest BCUT2D eigenvalue weighted by Gasteiger charge is -1.98. The molecule has 2 aromatic rings. The average molecular weight is 344 g/mol. The van der Waals surface area contributed by atoms with Crippen LogP contribution in [-0.2, 0) is 17.6 Å². The summed E-state index contributed by atoms with van der Waals surface area (Å²) in [6, 6.07) is 13.3. The predicted molar refractivity (Wildman–Crippen MR) is 97.3 cm³/mol. The minimum absolute atomic E-state index is 0. The molecule has 0 atom stereocenters. The Hall–Kier alpha value is -2.95. The summed E-state index contributed by atoms with van der Waals surface area (Å²) in [5.74, 6) is -1.81. The van der Waals surface area contributed by atoms with Gasteiger partial charge in [-0.05, 0) is 48.7 Å². The van der Waals surface area contributed by atoms with Gasteiger partial charge in [0, 0.05) is 6.42 Å². The Kier molecular flexibility index (Phi) is 9.49. The third kappa shape index (κ3) is 7.92. The number of carboxylic acids is 2. The number of aryl methyl sites for hydroxylation is 1. The van der Waals surface area contributed by atoms with E-state index in [2.05, 4.69) is 0 Å². The van der Waals surface area contributed by atoms with E-state index in [1.165, 1.54) is 19.1 Å². The molecule has 0 amide bonds. The summed E-state index contributed by atoms with van der Waals surface area (Å²) in [6.45, 7) is 3.52. The smallest absolute Gasteiger partial charge is 0.335 e. The van der Waals surface area contributed by atoms with Gasteiger partial charge in [-0.2, -0.15) is 0 Å². The Morgan fingerprint density at radius 1 is 0.840 bits per heavy atom. The molecule has 0 aliphatic rings. The van der Waals surface area contributed by atoms with Crippen molar-refractivity contribution in [3.8, 4) is 0 Å². The van der Waals surface area contributed by atoms with Gasteiger partial charge >= 0.3 is 11.9 Å². The third-order valence-corrected chi connectivity index (χ3v) is 3.24. The minimum Gasteiger partial charge on any atom is -0.478 e. The lowest BCUT2D eigenvalue weighted by atomic mass is 10.1. The van der Waals surface area contributed by atoms with E-state index in [0.717, 1.165) is 17.5 Å². The maximum Gasteiger partial charge on any atom is 0.335 e. The van der Waals surface area contributed by atoms with E-state index < -0.39 is 11.9 Å². The fraction of sp³-hybridized carbons (Fsp3) is 0.250. The molecule has 2 N–H and O–H groups in total. The summed E-state index contributed by atoms with van der Waals surface area (Å²) in [7, 11) is 0. The predicted octanol–water partition coefficient (Wildman–Crippen LogP) is 4.10. The topological polar surface area (TPSA) is 91.7 Å². The second-order valence-electron chi connectivity index (χ2n) is 5.24. The third-order valence-electron chi connectivity index (χ3n) is 3.24. The molecule has 0 aliphatic heterocycles. The number of benzene rings is 2. The molecule has 5 nitrogen and oxygen atoms in total. The molecule has 0 heterocycles. The van der Waals surface area contributed by atoms with Gasteiger partial charge in [-0.15, -0.1) is 0 Å². The zero-order valence-electron chi connectivity index (χ0n) is 13.7. The highest BCUT2D eigenvalue weighted by Crippen LogP contribution is 2.06. The van der Waals surface area contributed by atoms with Gasteiger partial charge in [0.25, 0.3) is 0 Å². The van der Waals surface area contributed by atoms with Crippen LogP contribution in [0.3, 0.4) is 0 Å². The summed E-state index contributed by atoms with van der Waals surface area (Å²) >= 11 is 0. The summed E-state index contributed by atoms with van der Waals surface area (Å²) in [4.78, 5) is 31.7. The van der Waals surface area contributed by atoms with Gasteiger partial charge in [-0.25, -0.2) is 9.59 Å². The van der Waals surface area contributed by atoms with Crippen LogP contribution in [0.4, 0.5) is 0 Å². The van der Waals surface area contributed by atoms with Crippen LogP contribution in [0.25, 0.3) is 0 Å². The van der Waals surface area contributed by atoms with Crippen LogP contribution < -0.4 is 0 Å². The molecule has 5 heteroatoms. The Morgan fingerprint density at radius 2 is 1.40 bits per heavy atom. The standard InChI is InChI=1S/C10H10O3.C9H10O2.CH4/c1-7(11)5-8-3-2-4-9(6-8)10(12)13;1-2-7-3-5-8(6-4-7)9(10)11;/h2-4,6H,5H2,1H3,(H,12,13);3-6H,2H2,1H3,(H,10,11);1H4. The molecular formula is C20H24O5. The number of rotatable bonds is 5.